The summed E-state index contributed by atoms with van der Waals surface area (Å²) in [7, 11) is 2.10. The molecule has 2 atom stereocenters. The zero-order chi connectivity index (χ0) is 12.4. The van der Waals surface area contributed by atoms with Crippen molar-refractivity contribution in [2.75, 3.05) is 53.0 Å². The van der Waals surface area contributed by atoms with Gasteiger partial charge in [-0.2, -0.15) is 0 Å². The molecule has 0 spiro atoms. The van der Waals surface area contributed by atoms with Gasteiger partial charge in [0.05, 0.1) is 6.61 Å². The van der Waals surface area contributed by atoms with E-state index in [1.807, 2.05) is 0 Å². The van der Waals surface area contributed by atoms with Crippen molar-refractivity contribution in [3.63, 3.8) is 0 Å². The minimum atomic E-state index is 0.611. The van der Waals surface area contributed by atoms with Crippen LogP contribution in [0.3, 0.4) is 0 Å². The smallest absolute Gasteiger partial charge is 0.0510 e. The molecule has 4 heteroatoms. The third-order valence-corrected chi connectivity index (χ3v) is 4.83. The van der Waals surface area contributed by atoms with Crippen LogP contribution in [0.1, 0.15) is 19.3 Å². The molecule has 2 heterocycles. The van der Waals surface area contributed by atoms with E-state index in [9.17, 15) is 0 Å². The van der Waals surface area contributed by atoms with E-state index in [1.165, 1.54) is 52.0 Å². The van der Waals surface area contributed by atoms with Gasteiger partial charge in [-0.25, -0.2) is 0 Å². The predicted molar refractivity (Wildman–Crippen MR) is 72.8 cm³/mol. The zero-order valence-corrected chi connectivity index (χ0v) is 11.6. The fourth-order valence-corrected chi connectivity index (χ4v) is 3.38. The first kappa shape index (κ1) is 12.9. The number of nitrogens with zero attached hydrogens (tertiary/aromatic N) is 2. The van der Waals surface area contributed by atoms with Gasteiger partial charge in [0.1, 0.15) is 0 Å². The molecular formula is C14H27N3O. The van der Waals surface area contributed by atoms with E-state index < -0.39 is 0 Å². The fourth-order valence-electron chi connectivity index (χ4n) is 3.38. The Kier molecular flexibility index (Phi) is 4.19. The summed E-state index contributed by atoms with van der Waals surface area (Å²) >= 11 is 0. The Bertz CT molecular complexity index is 256. The molecule has 1 saturated carbocycles. The SMILES string of the molecule is CNC(CN1CCN(C2CC2)CC1)C1CCOC1. The molecule has 3 fully saturated rings. The van der Waals surface area contributed by atoms with Crippen molar-refractivity contribution < 1.29 is 4.74 Å². The second-order valence-electron chi connectivity index (χ2n) is 6.09. The lowest BCUT2D eigenvalue weighted by atomic mass is 9.98. The number of ether oxygens (including phenoxy) is 1. The van der Waals surface area contributed by atoms with Gasteiger partial charge in [0, 0.05) is 57.3 Å². The molecule has 104 valence electrons. The lowest BCUT2D eigenvalue weighted by molar-refractivity contribution is 0.106. The molecule has 1 aliphatic carbocycles. The van der Waals surface area contributed by atoms with E-state index in [1.54, 1.807) is 0 Å². The lowest BCUT2D eigenvalue weighted by Gasteiger charge is -2.37. The highest BCUT2D eigenvalue weighted by molar-refractivity contribution is 4.89. The summed E-state index contributed by atoms with van der Waals surface area (Å²) in [5, 5.41) is 3.50. The van der Waals surface area contributed by atoms with Crippen LogP contribution in [-0.2, 0) is 4.74 Å². The van der Waals surface area contributed by atoms with Crippen LogP contribution in [0.4, 0.5) is 0 Å². The zero-order valence-electron chi connectivity index (χ0n) is 11.6. The van der Waals surface area contributed by atoms with Gasteiger partial charge in [0.25, 0.3) is 0 Å². The molecular weight excluding hydrogens is 226 g/mol. The molecule has 0 aromatic carbocycles. The minimum Gasteiger partial charge on any atom is -0.381 e. The van der Waals surface area contributed by atoms with Crippen LogP contribution in [-0.4, -0.2) is 74.9 Å². The molecule has 0 aromatic heterocycles. The van der Waals surface area contributed by atoms with E-state index >= 15 is 0 Å². The van der Waals surface area contributed by atoms with Crippen molar-refractivity contribution in [2.45, 2.75) is 31.3 Å². The maximum absolute atomic E-state index is 5.52. The van der Waals surface area contributed by atoms with Gasteiger partial charge in [-0.3, -0.25) is 9.80 Å². The third kappa shape index (κ3) is 3.05. The molecule has 2 aliphatic heterocycles. The normalized spacial score (nSPS) is 32.8. The standard InChI is InChI=1S/C14H27N3O/c1-15-14(12-4-9-18-11-12)10-16-5-7-17(8-6-16)13-2-3-13/h12-15H,2-11H2,1H3. The number of rotatable bonds is 5. The van der Waals surface area contributed by atoms with Crippen LogP contribution in [0, 0.1) is 5.92 Å². The number of hydrogen-bond donors (Lipinski definition) is 1. The topological polar surface area (TPSA) is 27.7 Å². The second-order valence-corrected chi connectivity index (χ2v) is 6.09. The first-order valence-corrected chi connectivity index (χ1v) is 7.58. The maximum atomic E-state index is 5.52. The summed E-state index contributed by atoms with van der Waals surface area (Å²) in [5.74, 6) is 0.719. The highest BCUT2D eigenvalue weighted by Crippen LogP contribution is 2.27. The summed E-state index contributed by atoms with van der Waals surface area (Å²) in [5.41, 5.74) is 0. The average molecular weight is 253 g/mol. The molecule has 0 amide bonds. The van der Waals surface area contributed by atoms with Crippen LogP contribution in [0.5, 0.6) is 0 Å². The Morgan fingerprint density at radius 3 is 2.50 bits per heavy atom. The largest absolute Gasteiger partial charge is 0.381 e. The van der Waals surface area contributed by atoms with E-state index in [2.05, 4.69) is 22.2 Å². The van der Waals surface area contributed by atoms with Gasteiger partial charge >= 0.3 is 0 Å². The van der Waals surface area contributed by atoms with Gasteiger partial charge in [0.2, 0.25) is 0 Å². The summed E-state index contributed by atoms with van der Waals surface area (Å²) in [6, 6.07) is 1.55. The van der Waals surface area contributed by atoms with Crippen molar-refractivity contribution in [3.05, 3.63) is 0 Å². The molecule has 0 aromatic rings. The quantitative estimate of drug-likeness (QED) is 0.767. The number of nitrogens with one attached hydrogen (secondary N) is 1. The molecule has 4 nitrogen and oxygen atoms in total. The predicted octanol–water partition coefficient (Wildman–Crippen LogP) is 0.391. The number of likely N-dealkylation sites (N-methyl/N-ethyl adjacent to an activating group) is 1. The van der Waals surface area contributed by atoms with Gasteiger partial charge < -0.3 is 10.1 Å². The van der Waals surface area contributed by atoms with Crippen LogP contribution in [0.15, 0.2) is 0 Å². The van der Waals surface area contributed by atoms with Crippen molar-refractivity contribution >= 4 is 0 Å². The van der Waals surface area contributed by atoms with Crippen LogP contribution >= 0.6 is 0 Å². The average Bonchev–Trinajstić information content (AvgIpc) is 3.12. The molecule has 3 aliphatic rings. The van der Waals surface area contributed by atoms with Crippen molar-refractivity contribution in [1.29, 1.82) is 0 Å². The highest BCUT2D eigenvalue weighted by Gasteiger charge is 2.32. The van der Waals surface area contributed by atoms with Crippen LogP contribution in [0.2, 0.25) is 0 Å². The van der Waals surface area contributed by atoms with Gasteiger partial charge in [-0.15, -0.1) is 0 Å². The summed E-state index contributed by atoms with van der Waals surface area (Å²) in [6.07, 6.45) is 4.12. The molecule has 3 rings (SSSR count). The third-order valence-electron chi connectivity index (χ3n) is 4.83. The Morgan fingerprint density at radius 2 is 1.94 bits per heavy atom. The van der Waals surface area contributed by atoms with E-state index in [0.717, 1.165) is 25.2 Å². The second kappa shape index (κ2) is 5.87. The Labute approximate surface area is 111 Å². The van der Waals surface area contributed by atoms with E-state index in [-0.39, 0.29) is 0 Å². The van der Waals surface area contributed by atoms with Crippen LogP contribution in [0.25, 0.3) is 0 Å². The van der Waals surface area contributed by atoms with Crippen molar-refractivity contribution in [3.8, 4) is 0 Å². The Hall–Kier alpha value is -0.160. The summed E-state index contributed by atoms with van der Waals surface area (Å²) in [6.45, 7) is 8.17. The molecule has 0 radical (unpaired) electrons. The Balaban J connectivity index is 1.43. The van der Waals surface area contributed by atoms with E-state index in [4.69, 9.17) is 4.74 Å². The number of piperazine rings is 1. The van der Waals surface area contributed by atoms with Crippen molar-refractivity contribution in [1.82, 2.24) is 15.1 Å². The first-order chi connectivity index (χ1) is 8.86. The molecule has 18 heavy (non-hydrogen) atoms. The van der Waals surface area contributed by atoms with E-state index in [0.29, 0.717) is 6.04 Å². The monoisotopic (exact) mass is 253 g/mol. The Morgan fingerprint density at radius 1 is 1.17 bits per heavy atom. The fraction of sp³-hybridized carbons (Fsp3) is 1.00. The molecule has 1 N–H and O–H groups in total. The van der Waals surface area contributed by atoms with Gasteiger partial charge in [0.15, 0.2) is 0 Å². The van der Waals surface area contributed by atoms with Gasteiger partial charge in [-0.05, 0) is 26.3 Å². The minimum absolute atomic E-state index is 0.611. The van der Waals surface area contributed by atoms with Gasteiger partial charge in [-0.1, -0.05) is 0 Å². The molecule has 2 saturated heterocycles. The molecule has 0 bridgehead atoms. The van der Waals surface area contributed by atoms with Crippen LogP contribution < -0.4 is 5.32 Å². The maximum Gasteiger partial charge on any atom is 0.0510 e. The summed E-state index contributed by atoms with van der Waals surface area (Å²) in [4.78, 5) is 5.32. The molecule has 2 unspecified atom stereocenters. The lowest BCUT2D eigenvalue weighted by Crippen LogP contribution is -2.52. The summed E-state index contributed by atoms with van der Waals surface area (Å²) < 4.78 is 5.52. The highest BCUT2D eigenvalue weighted by atomic mass is 16.5. The van der Waals surface area contributed by atoms with Crippen molar-refractivity contribution in [2.24, 2.45) is 5.92 Å². The first-order valence-electron chi connectivity index (χ1n) is 7.58. The number of hydrogen-bond acceptors (Lipinski definition) is 4.